The Bertz CT molecular complexity index is 181. The van der Waals surface area contributed by atoms with Gasteiger partial charge in [-0.2, -0.15) is 0 Å². The van der Waals surface area contributed by atoms with Gasteiger partial charge in [-0.1, -0.05) is 13.8 Å². The molecule has 0 radical (unpaired) electrons. The molecule has 0 aromatic heterocycles. The van der Waals surface area contributed by atoms with Gasteiger partial charge in [0.05, 0.1) is 12.7 Å². The summed E-state index contributed by atoms with van der Waals surface area (Å²) in [4.78, 5) is 2.48. The van der Waals surface area contributed by atoms with Crippen molar-refractivity contribution in [1.29, 1.82) is 0 Å². The molecule has 0 bridgehead atoms. The number of morpholine rings is 1. The minimum absolute atomic E-state index is 0.0631. The molecule has 1 heterocycles. The van der Waals surface area contributed by atoms with Crippen LogP contribution in [0, 0.1) is 0 Å². The van der Waals surface area contributed by atoms with Crippen molar-refractivity contribution < 1.29 is 4.74 Å². The monoisotopic (exact) mass is 230 g/mol. The Morgan fingerprint density at radius 3 is 2.31 bits per heavy atom. The fraction of sp³-hybridized carbons (Fsp3) is 1.00. The Balaban J connectivity index is 0.00000106. The molecular formula is C13H30N2O. The zero-order valence-electron chi connectivity index (χ0n) is 12.1. The van der Waals surface area contributed by atoms with Crippen LogP contribution in [0.5, 0.6) is 0 Å². The third kappa shape index (κ3) is 4.40. The van der Waals surface area contributed by atoms with Crippen LogP contribution < -0.4 is 5.32 Å². The molecule has 0 spiro atoms. The van der Waals surface area contributed by atoms with E-state index in [4.69, 9.17) is 4.74 Å². The highest BCUT2D eigenvalue weighted by Gasteiger charge is 2.33. The lowest BCUT2D eigenvalue weighted by Gasteiger charge is -2.42. The zero-order valence-corrected chi connectivity index (χ0v) is 12.1. The van der Waals surface area contributed by atoms with Crippen molar-refractivity contribution in [2.45, 2.75) is 59.2 Å². The van der Waals surface area contributed by atoms with Crippen LogP contribution in [0.1, 0.15) is 41.5 Å². The Hall–Kier alpha value is -0.120. The quantitative estimate of drug-likeness (QED) is 0.804. The maximum absolute atomic E-state index is 5.81. The summed E-state index contributed by atoms with van der Waals surface area (Å²) in [6.45, 7) is 15.8. The highest BCUT2D eigenvalue weighted by Crippen LogP contribution is 2.18. The van der Waals surface area contributed by atoms with Crippen molar-refractivity contribution in [1.82, 2.24) is 10.2 Å². The SMILES string of the molecule is CC.CNC(C)(C)C1CN(C(C)C)CCO1. The molecule has 0 aliphatic carbocycles. The maximum atomic E-state index is 5.81. The second-order valence-corrected chi connectivity index (χ2v) is 4.92. The van der Waals surface area contributed by atoms with Gasteiger partial charge in [0.25, 0.3) is 0 Å². The van der Waals surface area contributed by atoms with Crippen LogP contribution in [0.4, 0.5) is 0 Å². The van der Waals surface area contributed by atoms with Gasteiger partial charge in [0.1, 0.15) is 0 Å². The standard InChI is InChI=1S/C11H24N2O.C2H6/c1-9(2)13-6-7-14-10(8-13)11(3,4)12-5;1-2/h9-10,12H,6-8H2,1-5H3;1-2H3. The Labute approximate surface area is 102 Å². The number of likely N-dealkylation sites (N-methyl/N-ethyl adjacent to an activating group) is 1. The number of nitrogens with zero attached hydrogens (tertiary/aromatic N) is 1. The molecule has 0 saturated carbocycles. The van der Waals surface area contributed by atoms with Crippen LogP contribution in [0.3, 0.4) is 0 Å². The molecule has 98 valence electrons. The van der Waals surface area contributed by atoms with E-state index in [-0.39, 0.29) is 5.54 Å². The van der Waals surface area contributed by atoms with Gasteiger partial charge in [-0.3, -0.25) is 4.90 Å². The van der Waals surface area contributed by atoms with Gasteiger partial charge in [0, 0.05) is 24.7 Å². The first-order valence-corrected chi connectivity index (χ1v) is 6.52. The van der Waals surface area contributed by atoms with E-state index in [0.717, 1.165) is 19.7 Å². The highest BCUT2D eigenvalue weighted by atomic mass is 16.5. The van der Waals surface area contributed by atoms with Crippen LogP contribution >= 0.6 is 0 Å². The largest absolute Gasteiger partial charge is 0.374 e. The first kappa shape index (κ1) is 15.9. The van der Waals surface area contributed by atoms with Gasteiger partial charge in [-0.05, 0) is 34.7 Å². The molecule has 0 amide bonds. The van der Waals surface area contributed by atoms with Crippen molar-refractivity contribution >= 4 is 0 Å². The summed E-state index contributed by atoms with van der Waals surface area (Å²) in [5, 5.41) is 3.32. The molecule has 0 aromatic carbocycles. The fourth-order valence-electron chi connectivity index (χ4n) is 1.74. The number of ether oxygens (including phenoxy) is 1. The smallest absolute Gasteiger partial charge is 0.0878 e. The highest BCUT2D eigenvalue weighted by molar-refractivity contribution is 4.90. The number of nitrogens with one attached hydrogen (secondary N) is 1. The van der Waals surface area contributed by atoms with Crippen LogP contribution in [-0.2, 0) is 4.74 Å². The van der Waals surface area contributed by atoms with Gasteiger partial charge in [0.15, 0.2) is 0 Å². The Morgan fingerprint density at radius 2 is 1.88 bits per heavy atom. The van der Waals surface area contributed by atoms with Crippen molar-refractivity contribution in [3.05, 3.63) is 0 Å². The molecular weight excluding hydrogens is 200 g/mol. The predicted molar refractivity (Wildman–Crippen MR) is 70.9 cm³/mol. The first-order chi connectivity index (χ1) is 7.47. The van der Waals surface area contributed by atoms with E-state index in [9.17, 15) is 0 Å². The van der Waals surface area contributed by atoms with Gasteiger partial charge >= 0.3 is 0 Å². The summed E-state index contributed by atoms with van der Waals surface area (Å²) in [6.07, 6.45) is 0.295. The third-order valence-electron chi connectivity index (χ3n) is 3.28. The summed E-state index contributed by atoms with van der Waals surface area (Å²) < 4.78 is 5.81. The minimum atomic E-state index is 0.0631. The topological polar surface area (TPSA) is 24.5 Å². The van der Waals surface area contributed by atoms with E-state index in [1.807, 2.05) is 20.9 Å². The van der Waals surface area contributed by atoms with Gasteiger partial charge in [-0.25, -0.2) is 0 Å². The molecule has 1 aliphatic rings. The van der Waals surface area contributed by atoms with Crippen molar-refractivity contribution in [2.75, 3.05) is 26.7 Å². The van der Waals surface area contributed by atoms with E-state index < -0.39 is 0 Å². The van der Waals surface area contributed by atoms with Crippen molar-refractivity contribution in [2.24, 2.45) is 0 Å². The molecule has 3 nitrogen and oxygen atoms in total. The molecule has 3 heteroatoms. The summed E-state index contributed by atoms with van der Waals surface area (Å²) >= 11 is 0. The van der Waals surface area contributed by atoms with Crippen molar-refractivity contribution in [3.63, 3.8) is 0 Å². The molecule has 0 aromatic rings. The number of rotatable bonds is 3. The Morgan fingerprint density at radius 1 is 1.31 bits per heavy atom. The summed E-state index contributed by atoms with van der Waals surface area (Å²) in [6, 6.07) is 0.619. The second-order valence-electron chi connectivity index (χ2n) is 4.92. The summed E-state index contributed by atoms with van der Waals surface area (Å²) in [5.74, 6) is 0. The van der Waals surface area contributed by atoms with Gasteiger partial charge in [0.2, 0.25) is 0 Å². The van der Waals surface area contributed by atoms with Gasteiger partial charge in [-0.15, -0.1) is 0 Å². The third-order valence-corrected chi connectivity index (χ3v) is 3.28. The predicted octanol–water partition coefficient (Wildman–Crippen LogP) is 2.12. The summed E-state index contributed by atoms with van der Waals surface area (Å²) in [7, 11) is 2.00. The lowest BCUT2D eigenvalue weighted by atomic mass is 9.95. The van der Waals surface area contributed by atoms with Crippen molar-refractivity contribution in [3.8, 4) is 0 Å². The molecule has 1 N–H and O–H groups in total. The van der Waals surface area contributed by atoms with Crippen LogP contribution in [-0.4, -0.2) is 49.3 Å². The van der Waals surface area contributed by atoms with Crippen LogP contribution in [0.15, 0.2) is 0 Å². The van der Waals surface area contributed by atoms with E-state index in [0.29, 0.717) is 12.1 Å². The van der Waals surface area contributed by atoms with E-state index >= 15 is 0 Å². The van der Waals surface area contributed by atoms with Crippen LogP contribution in [0.2, 0.25) is 0 Å². The number of hydrogen-bond donors (Lipinski definition) is 1. The summed E-state index contributed by atoms with van der Waals surface area (Å²) in [5.41, 5.74) is 0.0631. The maximum Gasteiger partial charge on any atom is 0.0878 e. The molecule has 1 unspecified atom stereocenters. The zero-order chi connectivity index (χ0) is 12.8. The molecule has 16 heavy (non-hydrogen) atoms. The lowest BCUT2D eigenvalue weighted by Crippen LogP contribution is -2.58. The Kier molecular flexibility index (Phi) is 7.20. The minimum Gasteiger partial charge on any atom is -0.374 e. The van der Waals surface area contributed by atoms with E-state index in [1.54, 1.807) is 0 Å². The average Bonchev–Trinajstić information content (AvgIpc) is 2.32. The first-order valence-electron chi connectivity index (χ1n) is 6.52. The number of hydrogen-bond acceptors (Lipinski definition) is 3. The normalized spacial score (nSPS) is 22.9. The van der Waals surface area contributed by atoms with Gasteiger partial charge < -0.3 is 10.1 Å². The molecule has 1 rings (SSSR count). The van der Waals surface area contributed by atoms with E-state index in [1.165, 1.54) is 0 Å². The molecule has 1 atom stereocenters. The van der Waals surface area contributed by atoms with E-state index in [2.05, 4.69) is 37.9 Å². The second kappa shape index (κ2) is 7.25. The average molecular weight is 230 g/mol. The lowest BCUT2D eigenvalue weighted by molar-refractivity contribution is -0.0737. The molecule has 1 fully saturated rings. The molecule has 1 saturated heterocycles. The fourth-order valence-corrected chi connectivity index (χ4v) is 1.74. The molecule has 1 aliphatic heterocycles. The van der Waals surface area contributed by atoms with Crippen LogP contribution in [0.25, 0.3) is 0 Å².